The molecule has 12 unspecified atom stereocenters. The lowest BCUT2D eigenvalue weighted by molar-refractivity contribution is -0.359. The quantitative estimate of drug-likeness (QED) is 0.0453. The van der Waals surface area contributed by atoms with Gasteiger partial charge in [-0.25, -0.2) is 0 Å². The molecule has 2 fully saturated rings. The average Bonchev–Trinajstić information content (AvgIpc) is 3.19. The number of allylic oxidation sites excluding steroid dienone is 13. The fourth-order valence-corrected chi connectivity index (χ4v) is 5.87. The van der Waals surface area contributed by atoms with Crippen LogP contribution in [0.3, 0.4) is 0 Å². The van der Waals surface area contributed by atoms with E-state index in [1.165, 1.54) is 0 Å². The molecule has 2 rings (SSSR count). The lowest BCUT2D eigenvalue weighted by Crippen LogP contribution is -2.65. The lowest BCUT2D eigenvalue weighted by atomic mass is 9.97. The lowest BCUT2D eigenvalue weighted by Gasteiger charge is -2.46. The molecule has 2 aliphatic heterocycles. The third-order valence-electron chi connectivity index (χ3n) is 9.15. The molecule has 9 N–H and O–H groups in total. The van der Waals surface area contributed by atoms with Gasteiger partial charge in [0.2, 0.25) is 5.91 Å². The molecule has 0 saturated carbocycles. The van der Waals surface area contributed by atoms with Crippen molar-refractivity contribution in [3.05, 3.63) is 85.1 Å². The molecule has 2 aliphatic rings. The van der Waals surface area contributed by atoms with E-state index in [4.69, 9.17) is 18.9 Å². The van der Waals surface area contributed by atoms with Crippen molar-refractivity contribution >= 4 is 5.91 Å². The van der Waals surface area contributed by atoms with Gasteiger partial charge in [-0.3, -0.25) is 4.79 Å². The van der Waals surface area contributed by atoms with Gasteiger partial charge in [-0.1, -0.05) is 92.0 Å². The Morgan fingerprint density at radius 2 is 1.20 bits per heavy atom. The molecule has 318 valence electrons. The maximum absolute atomic E-state index is 13.0. The Bertz CT molecular complexity index is 1260. The Morgan fingerprint density at radius 3 is 1.80 bits per heavy atom. The summed E-state index contributed by atoms with van der Waals surface area (Å²) in [5.74, 6) is -0.344. The maximum Gasteiger partial charge on any atom is 0.220 e. The Morgan fingerprint density at radius 1 is 0.661 bits per heavy atom. The van der Waals surface area contributed by atoms with E-state index in [2.05, 4.69) is 66.9 Å². The number of hydrogen-bond donors (Lipinski definition) is 9. The summed E-state index contributed by atoms with van der Waals surface area (Å²) >= 11 is 0. The fourth-order valence-electron chi connectivity index (χ4n) is 5.87. The van der Waals surface area contributed by atoms with E-state index in [-0.39, 0.29) is 18.9 Å². The van der Waals surface area contributed by atoms with Gasteiger partial charge < -0.3 is 65.1 Å². The second-order valence-corrected chi connectivity index (χ2v) is 13.7. The summed E-state index contributed by atoms with van der Waals surface area (Å²) in [4.78, 5) is 13.0. The molecule has 2 saturated heterocycles. The van der Waals surface area contributed by atoms with E-state index in [1.54, 1.807) is 12.2 Å². The predicted octanol–water partition coefficient (Wildman–Crippen LogP) is 2.31. The van der Waals surface area contributed by atoms with Crippen molar-refractivity contribution in [3.8, 4) is 0 Å². The first-order valence-corrected chi connectivity index (χ1v) is 19.8. The maximum atomic E-state index is 13.0. The summed E-state index contributed by atoms with van der Waals surface area (Å²) in [5, 5.41) is 85.9. The summed E-state index contributed by atoms with van der Waals surface area (Å²) in [5.41, 5.74) is 0. The molecule has 0 spiro atoms. The highest BCUT2D eigenvalue weighted by Gasteiger charge is 2.50. The highest BCUT2D eigenvalue weighted by Crippen LogP contribution is 2.29. The summed E-state index contributed by atoms with van der Waals surface area (Å²) in [6.07, 6.45) is 18.4. The van der Waals surface area contributed by atoms with E-state index in [0.29, 0.717) is 12.8 Å². The van der Waals surface area contributed by atoms with Crippen molar-refractivity contribution in [2.24, 2.45) is 0 Å². The minimum Gasteiger partial charge on any atom is -0.394 e. The molecule has 56 heavy (non-hydrogen) atoms. The number of hydrogen-bond acceptors (Lipinski definition) is 13. The molecule has 14 nitrogen and oxygen atoms in total. The van der Waals surface area contributed by atoms with Crippen molar-refractivity contribution in [1.29, 1.82) is 0 Å². The first kappa shape index (κ1) is 49.3. The minimum absolute atomic E-state index is 0.143. The molecule has 2 heterocycles. The summed E-state index contributed by atoms with van der Waals surface area (Å²) in [7, 11) is 0. The van der Waals surface area contributed by atoms with Crippen LogP contribution in [0.2, 0.25) is 0 Å². The molecule has 0 aromatic heterocycles. The number of rotatable bonds is 26. The zero-order chi connectivity index (χ0) is 41.1. The largest absolute Gasteiger partial charge is 0.394 e. The van der Waals surface area contributed by atoms with Crippen LogP contribution in [0, 0.1) is 0 Å². The van der Waals surface area contributed by atoms with E-state index >= 15 is 0 Å². The third-order valence-corrected chi connectivity index (χ3v) is 9.15. The zero-order valence-corrected chi connectivity index (χ0v) is 32.8. The Balaban J connectivity index is 2.00. The fraction of sp³-hybridized carbons (Fsp3) is 0.643. The van der Waals surface area contributed by atoms with Crippen LogP contribution in [0.25, 0.3) is 0 Å². The molecule has 0 radical (unpaired) electrons. The molecule has 1 amide bonds. The second kappa shape index (κ2) is 29.4. The third kappa shape index (κ3) is 18.2. The Kier molecular flexibility index (Phi) is 25.9. The van der Waals surface area contributed by atoms with Crippen LogP contribution in [-0.4, -0.2) is 140 Å². The van der Waals surface area contributed by atoms with Crippen LogP contribution in [0.1, 0.15) is 78.1 Å². The highest BCUT2D eigenvalue weighted by atomic mass is 16.7. The van der Waals surface area contributed by atoms with Crippen molar-refractivity contribution in [2.45, 2.75) is 152 Å². The number of aliphatic hydroxyl groups is 8. The zero-order valence-electron chi connectivity index (χ0n) is 32.8. The molecule has 0 aromatic rings. The highest BCUT2D eigenvalue weighted by molar-refractivity contribution is 5.76. The molecule has 0 aromatic carbocycles. The van der Waals surface area contributed by atoms with Crippen LogP contribution in [0.5, 0.6) is 0 Å². The number of unbranched alkanes of at least 4 members (excludes halogenated alkanes) is 2. The Labute approximate surface area is 331 Å². The second-order valence-electron chi connectivity index (χ2n) is 13.7. The van der Waals surface area contributed by atoms with Crippen molar-refractivity contribution < 1.29 is 64.6 Å². The SMILES string of the molecule is C/C=C/CC/C=C/CC/C=C/C(O)C(COC1OC(CO)C(OC2OC(CO)C(O)C(O)C2O)C(O)C1O)NC(=O)CC/C=C\C/C=C\C/C=C\C/C=C\CC. The number of carbonyl (C=O) groups excluding carboxylic acids is 1. The smallest absolute Gasteiger partial charge is 0.220 e. The van der Waals surface area contributed by atoms with Crippen LogP contribution in [0.15, 0.2) is 85.1 Å². The summed E-state index contributed by atoms with van der Waals surface area (Å²) in [6, 6.07) is -0.976. The summed E-state index contributed by atoms with van der Waals surface area (Å²) in [6.45, 7) is 2.28. The normalized spacial score (nSPS) is 30.3. The number of amides is 1. The minimum atomic E-state index is -1.80. The van der Waals surface area contributed by atoms with Crippen molar-refractivity contribution in [2.75, 3.05) is 19.8 Å². The van der Waals surface area contributed by atoms with Crippen LogP contribution in [0.4, 0.5) is 0 Å². The monoisotopic (exact) mass is 793 g/mol. The van der Waals surface area contributed by atoms with Crippen molar-refractivity contribution in [3.63, 3.8) is 0 Å². The van der Waals surface area contributed by atoms with E-state index in [9.17, 15) is 45.6 Å². The topological polar surface area (TPSA) is 228 Å². The van der Waals surface area contributed by atoms with Gasteiger partial charge in [0.05, 0.1) is 32.0 Å². The van der Waals surface area contributed by atoms with Crippen molar-refractivity contribution in [1.82, 2.24) is 5.32 Å². The van der Waals surface area contributed by atoms with Crippen LogP contribution >= 0.6 is 0 Å². The first-order valence-electron chi connectivity index (χ1n) is 19.8. The van der Waals surface area contributed by atoms with E-state index in [1.807, 2.05) is 25.2 Å². The van der Waals surface area contributed by atoms with Gasteiger partial charge in [0.25, 0.3) is 0 Å². The van der Waals surface area contributed by atoms with Gasteiger partial charge in [-0.05, 0) is 64.7 Å². The van der Waals surface area contributed by atoms with E-state index < -0.39 is 86.8 Å². The number of aliphatic hydroxyl groups excluding tert-OH is 8. The van der Waals surface area contributed by atoms with E-state index in [0.717, 1.165) is 44.9 Å². The number of carbonyl (C=O) groups is 1. The van der Waals surface area contributed by atoms with Crippen LogP contribution < -0.4 is 5.32 Å². The Hall–Kier alpha value is -2.83. The predicted molar refractivity (Wildman–Crippen MR) is 212 cm³/mol. The van der Waals surface area contributed by atoms with Gasteiger partial charge in [-0.15, -0.1) is 0 Å². The molecule has 12 atom stereocenters. The van der Waals surface area contributed by atoms with Gasteiger partial charge >= 0.3 is 0 Å². The number of ether oxygens (including phenoxy) is 4. The molecule has 14 heteroatoms. The molecular weight excluding hydrogens is 726 g/mol. The van der Waals surface area contributed by atoms with Gasteiger partial charge in [0, 0.05) is 6.42 Å². The number of nitrogens with one attached hydrogen (secondary N) is 1. The van der Waals surface area contributed by atoms with Gasteiger partial charge in [0.15, 0.2) is 12.6 Å². The average molecular weight is 794 g/mol. The van der Waals surface area contributed by atoms with Crippen LogP contribution in [-0.2, 0) is 23.7 Å². The van der Waals surface area contributed by atoms with Gasteiger partial charge in [-0.2, -0.15) is 0 Å². The standard InChI is InChI=1S/C42H67NO13/c1-3-5-7-9-11-13-14-15-16-18-20-22-24-26-34(47)43-30(31(46)25-23-21-19-17-12-10-8-6-4-2)29-53-41-39(52)37(50)40(33(28-45)55-41)56-42-38(51)36(49)35(48)32(27-44)54-42/h4-7,11-13,15-17,20,22-23,25,30-33,35-42,44-46,48-52H,3,8-10,14,18-19,21,24,26-29H2,1-2H3,(H,43,47)/b6-4+,7-5-,13-11-,16-15-,17-12+,22-20-,25-23+. The first-order chi connectivity index (χ1) is 27.1. The molecular formula is C42H67NO13. The summed E-state index contributed by atoms with van der Waals surface area (Å²) < 4.78 is 22.4. The molecule has 0 aliphatic carbocycles. The molecule has 0 bridgehead atoms. The van der Waals surface area contributed by atoms with Gasteiger partial charge in [0.1, 0.15) is 48.8 Å².